The monoisotopic (exact) mass is 1590 g/mol. The molecule has 0 spiro atoms. The molecule has 1 aromatic carbocycles. The summed E-state index contributed by atoms with van der Waals surface area (Å²) in [6, 6.07) is -15.2. The number of esters is 1. The molecule has 14 amide bonds. The van der Waals surface area contributed by atoms with Gasteiger partial charge in [0.05, 0.1) is 52.0 Å². The molecule has 1 aliphatic rings. The summed E-state index contributed by atoms with van der Waals surface area (Å²) in [7, 11) is 0. The highest BCUT2D eigenvalue weighted by molar-refractivity contribution is 6.02. The van der Waals surface area contributed by atoms with Crippen LogP contribution in [0, 0.1) is 11.8 Å². The predicted molar refractivity (Wildman–Crippen MR) is 391 cm³/mol. The van der Waals surface area contributed by atoms with Gasteiger partial charge in [0, 0.05) is 36.4 Å². The molecular formula is C70H106N16O26. The van der Waals surface area contributed by atoms with Crippen molar-refractivity contribution in [3.05, 3.63) is 36.0 Å². The SMILES string of the molecule is CCC(C)CCCCCCCCC(=O)NC(Cc1c[nH]c2ccccc12)C(=O)NC(CC(N)=O)C(=O)NC(CC(=O)O)C(=O)NC1C(=O)NCC(=O)NC(CCCN)C(=O)NC(CC(=O)O)C(=O)NC(CO)C(=O)NC(CC(=O)O)C(=O)NCC(=O)NC(CO)C(=O)NC(CCC(=O)O)C(=O)NC(C(C)CC)C(=O)OC1C. The number of ether oxygens (including phenoxy) is 1. The Morgan fingerprint density at radius 1 is 0.536 bits per heavy atom. The van der Waals surface area contributed by atoms with Crippen LogP contribution < -0.4 is 80.6 Å². The number of unbranched alkanes of at least 4 members (excludes halogenated alkanes) is 5. The van der Waals surface area contributed by atoms with E-state index in [1.807, 2.05) is 21.3 Å². The molecule has 0 radical (unpaired) electrons. The van der Waals surface area contributed by atoms with E-state index in [1.165, 1.54) is 13.8 Å². The summed E-state index contributed by atoms with van der Waals surface area (Å²) < 4.78 is 5.70. The summed E-state index contributed by atoms with van der Waals surface area (Å²) in [5.41, 5.74) is 12.5. The molecule has 1 aliphatic heterocycles. The number of hydrogen-bond acceptors (Lipinski definition) is 23. The van der Waals surface area contributed by atoms with E-state index in [2.05, 4.69) is 66.7 Å². The van der Waals surface area contributed by atoms with Gasteiger partial charge in [-0.05, 0) is 62.6 Å². The van der Waals surface area contributed by atoms with Gasteiger partial charge in [0.2, 0.25) is 82.7 Å². The molecular weight excluding hydrogens is 1480 g/mol. The van der Waals surface area contributed by atoms with Gasteiger partial charge in [0.25, 0.3) is 0 Å². The summed E-state index contributed by atoms with van der Waals surface area (Å²) in [5, 5.41) is 88.3. The molecule has 0 saturated carbocycles. The molecule has 622 valence electrons. The van der Waals surface area contributed by atoms with Gasteiger partial charge in [0.15, 0.2) is 0 Å². The molecule has 1 fully saturated rings. The van der Waals surface area contributed by atoms with Crippen molar-refractivity contribution in [2.24, 2.45) is 23.3 Å². The number of carboxylic acid groups (broad SMARTS) is 4. The van der Waals surface area contributed by atoms with E-state index in [4.69, 9.17) is 16.2 Å². The van der Waals surface area contributed by atoms with Crippen LogP contribution in [0.4, 0.5) is 0 Å². The smallest absolute Gasteiger partial charge is 0.329 e. The number of aromatic amines is 1. The second-order valence-electron chi connectivity index (χ2n) is 27.1. The van der Waals surface area contributed by atoms with Crippen molar-refractivity contribution >= 4 is 123 Å². The zero-order chi connectivity index (χ0) is 83.9. The number of aliphatic carboxylic acids is 4. The van der Waals surface area contributed by atoms with Crippen LogP contribution in [0.15, 0.2) is 30.5 Å². The Morgan fingerprint density at radius 2 is 1.04 bits per heavy atom. The summed E-state index contributed by atoms with van der Waals surface area (Å²) in [4.78, 5) is 260. The first kappa shape index (κ1) is 94.8. The summed E-state index contributed by atoms with van der Waals surface area (Å²) in [6.07, 6.45) is -0.348. The quantitative estimate of drug-likeness (QED) is 0.0221. The van der Waals surface area contributed by atoms with E-state index in [1.54, 1.807) is 30.5 Å². The highest BCUT2D eigenvalue weighted by Crippen LogP contribution is 2.21. The predicted octanol–water partition coefficient (Wildman–Crippen LogP) is -5.68. The van der Waals surface area contributed by atoms with Gasteiger partial charge in [-0.15, -0.1) is 0 Å². The molecule has 2 heterocycles. The molecule has 0 bridgehead atoms. The minimum Gasteiger partial charge on any atom is -0.481 e. The fraction of sp³-hybridized carbons (Fsp3) is 0.614. The Hall–Kier alpha value is -11.4. The number of H-pyrrole nitrogens is 1. The number of cyclic esters (lactones) is 1. The number of primary amides is 1. The van der Waals surface area contributed by atoms with Crippen molar-refractivity contribution < 1.29 is 126 Å². The zero-order valence-electron chi connectivity index (χ0n) is 62.9. The number of nitrogens with one attached hydrogen (secondary N) is 14. The normalized spacial score (nSPS) is 21.8. The average molecular weight is 1590 g/mol. The maximum Gasteiger partial charge on any atom is 0.329 e. The number of carbonyl (C=O) groups excluding carboxylic acids is 15. The van der Waals surface area contributed by atoms with Gasteiger partial charge < -0.3 is 121 Å². The Morgan fingerprint density at radius 3 is 1.60 bits per heavy atom. The number of aliphatic hydroxyl groups excluding tert-OH is 2. The molecule has 3 rings (SSSR count). The number of nitrogens with two attached hydrogens (primary N) is 2. The van der Waals surface area contributed by atoms with Gasteiger partial charge in [-0.2, -0.15) is 0 Å². The van der Waals surface area contributed by atoms with Gasteiger partial charge in [0.1, 0.15) is 72.6 Å². The number of fused-ring (bicyclic) bond motifs is 1. The number of hydrogen-bond donors (Lipinski definition) is 22. The van der Waals surface area contributed by atoms with E-state index < -0.39 is 262 Å². The van der Waals surface area contributed by atoms with Gasteiger partial charge in [-0.1, -0.05) is 97.3 Å². The lowest BCUT2D eigenvalue weighted by Crippen LogP contribution is -2.62. The second-order valence-corrected chi connectivity index (χ2v) is 27.1. The number of aromatic nitrogens is 1. The van der Waals surface area contributed by atoms with E-state index in [0.717, 1.165) is 45.4 Å². The minimum atomic E-state index is -2.33. The third kappa shape index (κ3) is 33.8. The standard InChI is InChI=1S/C70H106N16O26/c1-6-35(3)17-12-10-8-9-11-13-21-51(90)77-43(25-38-30-73-40-19-15-14-18-39(38)40)63(104)80-44(26-50(72)89)64(105)83-47(29-57(99)100)66(107)86-59-37(5)112-70(111)58(36(4)7-2)85-62(103)42(22-23-54(93)94)79-67(108)48(33-87)78-53(92)31-74-60(101)45(27-55(95)96)81-68(109)49(34-88)84-65(106)46(28-56(97)98)82-61(102)41(20-16-24-71)76-52(91)32-75-69(59)110/h14-15,18-19,30,35-37,41-49,58-59,73,87-88H,6-13,16-17,20-29,31-34,71H2,1-5H3,(H2,72,89)(H,74,101)(H,75,110)(H,76,91)(H,77,90)(H,78,92)(H,79,108)(H,80,104)(H,81,109)(H,82,102)(H,83,105)(H,84,106)(H,85,103)(H,86,107)(H,93,94)(H,95,96)(H,97,98)(H,99,100). The number of benzene rings is 1. The van der Waals surface area contributed by atoms with Crippen molar-refractivity contribution in [3.63, 3.8) is 0 Å². The summed E-state index contributed by atoms with van der Waals surface area (Å²) in [5.74, 6) is -27.0. The third-order valence-electron chi connectivity index (χ3n) is 18.1. The fourth-order valence-electron chi connectivity index (χ4n) is 11.4. The number of aliphatic hydroxyl groups is 2. The Kier molecular flexibility index (Phi) is 41.4. The number of carbonyl (C=O) groups is 19. The van der Waals surface area contributed by atoms with E-state index >= 15 is 0 Å². The Balaban J connectivity index is 2.17. The third-order valence-corrected chi connectivity index (χ3v) is 18.1. The molecule has 24 N–H and O–H groups in total. The fourth-order valence-corrected chi connectivity index (χ4v) is 11.4. The molecule has 1 aromatic heterocycles. The van der Waals surface area contributed by atoms with Gasteiger partial charge in [-0.3, -0.25) is 86.3 Å². The first-order valence-corrected chi connectivity index (χ1v) is 36.6. The summed E-state index contributed by atoms with van der Waals surface area (Å²) >= 11 is 0. The van der Waals surface area contributed by atoms with Crippen LogP contribution in [0.5, 0.6) is 0 Å². The molecule has 14 atom stereocenters. The highest BCUT2D eigenvalue weighted by Gasteiger charge is 2.41. The number of amides is 14. The lowest BCUT2D eigenvalue weighted by molar-refractivity contribution is -0.157. The maximum atomic E-state index is 14.6. The summed E-state index contributed by atoms with van der Waals surface area (Å²) in [6.45, 7) is 3.05. The molecule has 42 heteroatoms. The van der Waals surface area contributed by atoms with Crippen molar-refractivity contribution in [2.45, 2.75) is 229 Å². The van der Waals surface area contributed by atoms with Crippen LogP contribution in [0.2, 0.25) is 0 Å². The van der Waals surface area contributed by atoms with Crippen LogP contribution in [0.25, 0.3) is 10.9 Å². The van der Waals surface area contributed by atoms with E-state index in [-0.39, 0.29) is 32.2 Å². The number of rotatable bonds is 37. The van der Waals surface area contributed by atoms with Crippen molar-refractivity contribution in [1.82, 2.24) is 74.1 Å². The van der Waals surface area contributed by atoms with Crippen LogP contribution in [-0.2, 0) is 102 Å². The van der Waals surface area contributed by atoms with E-state index in [9.17, 15) is 122 Å². The second kappa shape index (κ2) is 49.0. The zero-order valence-corrected chi connectivity index (χ0v) is 62.9. The van der Waals surface area contributed by atoms with Crippen molar-refractivity contribution in [1.29, 1.82) is 0 Å². The van der Waals surface area contributed by atoms with Gasteiger partial charge in [-0.25, -0.2) is 4.79 Å². The first-order chi connectivity index (χ1) is 52.9. The molecule has 14 unspecified atom stereocenters. The lowest BCUT2D eigenvalue weighted by atomic mass is 9.98. The van der Waals surface area contributed by atoms with Crippen molar-refractivity contribution in [2.75, 3.05) is 32.8 Å². The Labute approximate surface area is 643 Å². The topological polar surface area (TPSA) is 679 Å². The highest BCUT2D eigenvalue weighted by atomic mass is 16.5. The van der Waals surface area contributed by atoms with Gasteiger partial charge >= 0.3 is 29.8 Å². The molecule has 112 heavy (non-hydrogen) atoms. The molecule has 2 aromatic rings. The van der Waals surface area contributed by atoms with Crippen LogP contribution in [0.1, 0.15) is 156 Å². The number of carboxylic acids is 4. The number of para-hydroxylation sites is 1. The molecule has 1 saturated heterocycles. The van der Waals surface area contributed by atoms with E-state index in [0.29, 0.717) is 35.2 Å². The van der Waals surface area contributed by atoms with Crippen molar-refractivity contribution in [3.8, 4) is 0 Å². The largest absolute Gasteiger partial charge is 0.481 e. The average Bonchev–Trinajstić information content (AvgIpc) is 1.64. The lowest BCUT2D eigenvalue weighted by Gasteiger charge is -2.30. The molecule has 0 aliphatic carbocycles. The maximum absolute atomic E-state index is 14.6. The first-order valence-electron chi connectivity index (χ1n) is 36.6. The molecule has 42 nitrogen and oxygen atoms in total. The van der Waals surface area contributed by atoms with Crippen LogP contribution in [-0.4, -0.2) is 254 Å². The van der Waals surface area contributed by atoms with Crippen LogP contribution >= 0.6 is 0 Å². The minimum absolute atomic E-state index is 0.00194. The van der Waals surface area contributed by atoms with Crippen LogP contribution in [0.3, 0.4) is 0 Å². The Bertz CT molecular complexity index is 3650.